The second kappa shape index (κ2) is 21.6. The Kier molecular flexibility index (Phi) is 16.4. The maximum Gasteiger partial charge on any atom is 3.00 e. The first-order chi connectivity index (χ1) is 32.8. The van der Waals surface area contributed by atoms with Crippen LogP contribution >= 0.6 is 0 Å². The molecular weight excluding hydrogens is 1030 g/mol. The molecule has 2 aromatic carbocycles. The number of para-hydroxylation sites is 1. The molecule has 3 aromatic rings. The maximum absolute atomic E-state index is 13.6. The molecule has 3 fully saturated rings. The molecule has 70 heavy (non-hydrogen) atoms. The van der Waals surface area contributed by atoms with Gasteiger partial charge in [0.05, 0.1) is 41.2 Å². The number of phenolic OH excluding ortho intramolecular Hbond substituents is 1. The number of halogens is 3. The van der Waals surface area contributed by atoms with E-state index in [9.17, 15) is 57.9 Å². The summed E-state index contributed by atoms with van der Waals surface area (Å²) in [6.45, 7) is 3.63. The van der Waals surface area contributed by atoms with Gasteiger partial charge in [-0.1, -0.05) is 24.3 Å². The van der Waals surface area contributed by atoms with Crippen LogP contribution in [0, 0.1) is 5.92 Å². The van der Waals surface area contributed by atoms with E-state index in [1.165, 1.54) is 12.8 Å². The first-order valence-corrected chi connectivity index (χ1v) is 23.4. The van der Waals surface area contributed by atoms with E-state index in [0.717, 1.165) is 46.4 Å². The van der Waals surface area contributed by atoms with Crippen molar-refractivity contribution in [2.75, 3.05) is 98.2 Å². The quantitative estimate of drug-likeness (QED) is 0.120. The summed E-state index contributed by atoms with van der Waals surface area (Å²) in [7, 11) is 0. The number of ether oxygens (including phenoxy) is 1. The van der Waals surface area contributed by atoms with E-state index >= 15 is 0 Å². The van der Waals surface area contributed by atoms with Crippen LogP contribution in [0.25, 0.3) is 10.9 Å². The Bertz CT molecular complexity index is 2430. The average Bonchev–Trinajstić information content (AvgIpc) is 3.95. The third-order valence-corrected chi connectivity index (χ3v) is 14.8. The third-order valence-electron chi connectivity index (χ3n) is 14.8. The number of carbonyl (C=O) groups is 5. The zero-order valence-electron chi connectivity index (χ0n) is 38.7. The number of phenols is 1. The summed E-state index contributed by atoms with van der Waals surface area (Å²) >= 11 is 0. The number of nitrogens with one attached hydrogen (secondary N) is 1. The maximum atomic E-state index is 13.6. The van der Waals surface area contributed by atoms with E-state index in [-0.39, 0.29) is 109 Å². The molecule has 1 amide bonds. The fraction of sp³-hybridized carbons (Fsp3) is 0.596. The molecule has 0 radical (unpaired) electrons. The first kappa shape index (κ1) is 53.2. The number of piperidine rings is 1. The second-order valence-electron chi connectivity index (χ2n) is 19.2. The molecule has 9 rings (SSSR count). The van der Waals surface area contributed by atoms with Gasteiger partial charge in [-0.05, 0) is 67.8 Å². The fourth-order valence-corrected chi connectivity index (χ4v) is 11.5. The molecule has 2 saturated heterocycles. The number of aliphatic carboxylic acids is 4. The van der Waals surface area contributed by atoms with Crippen LogP contribution in [-0.4, -0.2) is 216 Å². The molecule has 1 aromatic heterocycles. The van der Waals surface area contributed by atoms with E-state index in [4.69, 9.17) is 14.6 Å². The third kappa shape index (κ3) is 11.0. The van der Waals surface area contributed by atoms with Crippen LogP contribution in [0.15, 0.2) is 36.4 Å². The number of nitrogens with zero attached hydrogens (tertiary/aromatic N) is 6. The van der Waals surface area contributed by atoms with Crippen LogP contribution in [0.5, 0.6) is 11.5 Å². The number of carbonyl (C=O) groups excluding carboxylic acids is 4. The molecule has 4 heterocycles. The minimum absolute atomic E-state index is 0. The van der Waals surface area contributed by atoms with Crippen molar-refractivity contribution in [3.63, 3.8) is 0 Å². The average molecular weight is 1080 g/mol. The van der Waals surface area contributed by atoms with Gasteiger partial charge >= 0.3 is 38.0 Å². The Morgan fingerprint density at radius 3 is 1.87 bits per heavy atom. The van der Waals surface area contributed by atoms with Crippen LogP contribution < -0.4 is 25.4 Å². The van der Waals surface area contributed by atoms with E-state index in [2.05, 4.69) is 26.9 Å². The van der Waals surface area contributed by atoms with Gasteiger partial charge in [0.25, 0.3) is 0 Å². The zero-order chi connectivity index (χ0) is 49.4. The number of hydrogen-bond donors (Lipinski definition) is 4. The van der Waals surface area contributed by atoms with Gasteiger partial charge in [-0.15, -0.1) is 0 Å². The Labute approximate surface area is 420 Å². The van der Waals surface area contributed by atoms with Crippen LogP contribution in [0.3, 0.4) is 0 Å². The van der Waals surface area contributed by atoms with Crippen molar-refractivity contribution in [3.8, 4) is 11.5 Å². The van der Waals surface area contributed by atoms with Gasteiger partial charge in [0.1, 0.15) is 0 Å². The Morgan fingerprint density at radius 1 is 0.800 bits per heavy atom. The van der Waals surface area contributed by atoms with Gasteiger partial charge in [0.15, 0.2) is 17.6 Å². The summed E-state index contributed by atoms with van der Waals surface area (Å²) in [6.07, 6.45) is -0.648. The minimum atomic E-state index is -5.08. The van der Waals surface area contributed by atoms with Gasteiger partial charge in [-0.3, -0.25) is 29.3 Å². The molecule has 3 aliphatic heterocycles. The number of carboxylic acids is 4. The molecule has 1 saturated carbocycles. The summed E-state index contributed by atoms with van der Waals surface area (Å²) in [6, 6.07) is 11.9. The first-order valence-electron chi connectivity index (χ1n) is 23.4. The number of rotatable bonds is 14. The fourth-order valence-electron chi connectivity index (χ4n) is 11.5. The van der Waals surface area contributed by atoms with Crippen molar-refractivity contribution in [2.24, 2.45) is 5.92 Å². The standard InChI is InChI=1S/C45H59N7O10.C2HF3O2.In/c53-34-9-8-30-22-35-45(61)23-32-31-4-1-2-5-33(31)52(41(32)43-44(45,40(30)42(34)62-43)10-13-51(35)24-29-6-7-29)12-3-11-46-36(54)25-47-14-16-48(26-37(55)56)18-20-50(28-39(59)60)21-19-49(17-15-47)27-38(57)58;3-2(4,5)1(6)7;/h1-2,4-5,8-9,29,35,43,53,61H,3,6-7,10-28H2,(H,46,54)(H,55,56)(H,57,58)(H,59,60);(H,6,7);/q;;+3/p-3/t35-,43-,44-,45+;;/m0../s1. The smallest absolute Gasteiger partial charge is 0.549 e. The molecule has 2 bridgehead atoms. The van der Waals surface area contributed by atoms with Crippen molar-refractivity contribution in [3.05, 3.63) is 58.8 Å². The predicted molar refractivity (Wildman–Crippen MR) is 238 cm³/mol. The summed E-state index contributed by atoms with van der Waals surface area (Å²) in [5, 5.41) is 70.4. The van der Waals surface area contributed by atoms with Gasteiger partial charge in [-0.2, -0.15) is 13.2 Å². The molecule has 1 spiro atoms. The number of benzene rings is 2. The minimum Gasteiger partial charge on any atom is -0.549 e. The van der Waals surface area contributed by atoms with Gasteiger partial charge in [-0.25, -0.2) is 4.79 Å². The number of amides is 1. The largest absolute Gasteiger partial charge is 3.00 e. The predicted octanol–water partition coefficient (Wildman–Crippen LogP) is -2.72. The summed E-state index contributed by atoms with van der Waals surface area (Å²) in [4.78, 5) is 66.3. The topological polar surface area (TPSA) is 258 Å². The van der Waals surface area contributed by atoms with Crippen molar-refractivity contribution < 1.29 is 72.5 Å². The molecular formula is C47H57F3InN7O12. The number of aryl methyl sites for hydroxylation is 1. The van der Waals surface area contributed by atoms with Crippen molar-refractivity contribution >= 4 is 66.5 Å². The molecule has 0 unspecified atom stereocenters. The van der Waals surface area contributed by atoms with Crippen molar-refractivity contribution in [1.82, 2.24) is 34.4 Å². The Morgan fingerprint density at radius 2 is 1.34 bits per heavy atom. The summed E-state index contributed by atoms with van der Waals surface area (Å²) in [5.41, 5.74) is 3.40. The monoisotopic (exact) mass is 1080 g/mol. The molecule has 4 N–H and O–H groups in total. The molecule has 3 aliphatic carbocycles. The van der Waals surface area contributed by atoms with Crippen LogP contribution in [0.2, 0.25) is 0 Å². The number of aromatic hydroxyl groups is 1. The van der Waals surface area contributed by atoms with Crippen molar-refractivity contribution in [1.29, 1.82) is 0 Å². The van der Waals surface area contributed by atoms with Crippen LogP contribution in [0.4, 0.5) is 13.2 Å². The van der Waals surface area contributed by atoms with Gasteiger partial charge < -0.3 is 59.6 Å². The van der Waals surface area contributed by atoms with E-state index < -0.39 is 47.2 Å². The van der Waals surface area contributed by atoms with Crippen LogP contribution in [-0.2, 0) is 48.8 Å². The molecule has 376 valence electrons. The number of fused-ring (bicyclic) bond motifs is 4. The van der Waals surface area contributed by atoms with Gasteiger partial charge in [0, 0.05) is 121 Å². The van der Waals surface area contributed by atoms with Crippen molar-refractivity contribution in [2.45, 2.75) is 74.4 Å². The Balaban J connectivity index is 0.000000840. The number of alkyl halides is 3. The zero-order valence-corrected chi connectivity index (χ0v) is 42.0. The molecule has 19 nitrogen and oxygen atoms in total. The number of hydrogen-bond acceptors (Lipinski definition) is 16. The van der Waals surface area contributed by atoms with E-state index in [0.29, 0.717) is 63.5 Å². The number of aliphatic hydroxyl groups is 1. The van der Waals surface area contributed by atoms with Crippen LogP contribution in [0.1, 0.15) is 54.2 Å². The normalized spacial score (nSPS) is 25.1. The van der Waals surface area contributed by atoms with E-state index in [1.807, 2.05) is 23.1 Å². The second-order valence-corrected chi connectivity index (χ2v) is 19.2. The Hall–Kier alpha value is -4.65. The molecule has 23 heteroatoms. The van der Waals surface area contributed by atoms with E-state index in [1.54, 1.807) is 20.8 Å². The molecule has 4 atom stereocenters. The SMILES string of the molecule is O=C(O)C(F)(F)F.O=C([O-])CN1CCN(CC(=O)[O-])CCN(CC(=O)NCCCn2c3c(c4ccccc42)C[C@@]2(O)[C@@H]4Cc5ccc(O)c6c5[C@@]2(CCN4CC2CC2)[C@H]3O6)CCN(CC(=O)[O-])CC1.[In+3]. The number of aromatic nitrogens is 1. The summed E-state index contributed by atoms with van der Waals surface area (Å²) in [5.74, 6) is -5.57. The number of carboxylic acid groups (broad SMARTS) is 4. The van der Waals surface area contributed by atoms with Gasteiger partial charge in [0.2, 0.25) is 5.91 Å². The summed E-state index contributed by atoms with van der Waals surface area (Å²) < 4.78 is 41.0. The molecule has 6 aliphatic rings. The number of likely N-dealkylation sites (tertiary alicyclic amines) is 1.